The molecule has 1 unspecified atom stereocenters. The number of rotatable bonds is 6. The van der Waals surface area contributed by atoms with E-state index in [0.717, 1.165) is 30.1 Å². The van der Waals surface area contributed by atoms with Crippen molar-refractivity contribution in [2.24, 2.45) is 10.9 Å². The summed E-state index contributed by atoms with van der Waals surface area (Å²) in [6, 6.07) is 2.97. The average molecular weight is 454 g/mol. The minimum Gasteiger partial charge on any atom is -0.507 e. The predicted molar refractivity (Wildman–Crippen MR) is 117 cm³/mol. The van der Waals surface area contributed by atoms with E-state index >= 15 is 0 Å². The van der Waals surface area contributed by atoms with E-state index in [0.29, 0.717) is 30.1 Å². The van der Waals surface area contributed by atoms with Gasteiger partial charge in [0, 0.05) is 31.0 Å². The fourth-order valence-corrected chi connectivity index (χ4v) is 5.49. The lowest BCUT2D eigenvalue weighted by molar-refractivity contribution is -0.0500. The summed E-state index contributed by atoms with van der Waals surface area (Å²) in [7, 11) is 1.95. The highest BCUT2D eigenvalue weighted by molar-refractivity contribution is 8.05. The Kier molecular flexibility index (Phi) is 6.64. The lowest BCUT2D eigenvalue weighted by Gasteiger charge is -2.32. The maximum Gasteiger partial charge on any atom is 0.387 e. The lowest BCUT2D eigenvalue weighted by Crippen LogP contribution is -2.43. The van der Waals surface area contributed by atoms with E-state index in [9.17, 15) is 18.3 Å². The van der Waals surface area contributed by atoms with Crippen molar-refractivity contribution >= 4 is 23.5 Å². The quantitative estimate of drug-likeness (QED) is 0.672. The fraction of sp³-hybridized carbons (Fsp3) is 0.500. The van der Waals surface area contributed by atoms with E-state index in [1.54, 1.807) is 24.8 Å². The van der Waals surface area contributed by atoms with Crippen LogP contribution < -0.4 is 10.1 Å². The summed E-state index contributed by atoms with van der Waals surface area (Å²) in [5.74, 6) is 0.0834. The number of likely N-dealkylation sites (tertiary alicyclic amines) is 1. The monoisotopic (exact) mass is 453 g/mol. The van der Waals surface area contributed by atoms with Gasteiger partial charge in [-0.25, -0.2) is 4.39 Å². The molecule has 168 valence electrons. The SMILES string of the molecule is Cc1cc(O)c(/C=C2/C=C3SC(NC[C@@H]4C[C@@H](F)CN(C)C4)CC3=N2)c(OC(F)F)c1. The van der Waals surface area contributed by atoms with Crippen molar-refractivity contribution in [3.63, 3.8) is 0 Å². The first-order valence-corrected chi connectivity index (χ1v) is 11.2. The molecule has 0 radical (unpaired) electrons. The van der Waals surface area contributed by atoms with Crippen LogP contribution in [0.1, 0.15) is 24.0 Å². The zero-order valence-corrected chi connectivity index (χ0v) is 18.3. The van der Waals surface area contributed by atoms with E-state index in [-0.39, 0.29) is 22.4 Å². The summed E-state index contributed by atoms with van der Waals surface area (Å²) in [5.41, 5.74) is 2.32. The van der Waals surface area contributed by atoms with Crippen molar-refractivity contribution in [2.75, 3.05) is 26.7 Å². The van der Waals surface area contributed by atoms with Crippen molar-refractivity contribution in [2.45, 2.75) is 37.9 Å². The minimum atomic E-state index is -2.98. The smallest absolute Gasteiger partial charge is 0.387 e. The molecule has 0 aliphatic carbocycles. The largest absolute Gasteiger partial charge is 0.507 e. The Morgan fingerprint density at radius 2 is 2.19 bits per heavy atom. The molecule has 0 bridgehead atoms. The molecule has 31 heavy (non-hydrogen) atoms. The number of hydrogen-bond donors (Lipinski definition) is 2. The summed E-state index contributed by atoms with van der Waals surface area (Å²) in [4.78, 5) is 7.66. The highest BCUT2D eigenvalue weighted by Gasteiger charge is 2.31. The number of halogens is 3. The maximum atomic E-state index is 13.8. The van der Waals surface area contributed by atoms with Crippen molar-refractivity contribution in [3.8, 4) is 11.5 Å². The Morgan fingerprint density at radius 1 is 1.39 bits per heavy atom. The number of benzene rings is 1. The number of aromatic hydroxyl groups is 1. The molecule has 5 nitrogen and oxygen atoms in total. The maximum absolute atomic E-state index is 13.8. The third-order valence-corrected chi connectivity index (χ3v) is 6.78. The highest BCUT2D eigenvalue weighted by atomic mass is 32.2. The molecule has 9 heteroatoms. The first-order chi connectivity index (χ1) is 14.8. The number of nitrogens with one attached hydrogen (secondary N) is 1. The normalized spacial score (nSPS) is 27.5. The van der Waals surface area contributed by atoms with Crippen LogP contribution in [0.5, 0.6) is 11.5 Å². The topological polar surface area (TPSA) is 57.1 Å². The number of alkyl halides is 3. The average Bonchev–Trinajstić information content (AvgIpc) is 3.19. The molecular formula is C22H26F3N3O2S. The van der Waals surface area contributed by atoms with Crippen LogP contribution in [0.15, 0.2) is 33.8 Å². The second-order valence-corrected chi connectivity index (χ2v) is 9.59. The summed E-state index contributed by atoms with van der Waals surface area (Å²) in [5, 5.41) is 13.9. The summed E-state index contributed by atoms with van der Waals surface area (Å²) >= 11 is 1.66. The number of nitrogens with zero attached hydrogens (tertiary/aromatic N) is 2. The molecule has 3 aliphatic heterocycles. The van der Waals surface area contributed by atoms with Crippen LogP contribution >= 0.6 is 11.8 Å². The molecule has 2 saturated heterocycles. The van der Waals surface area contributed by atoms with Crippen LogP contribution in [-0.4, -0.2) is 60.6 Å². The van der Waals surface area contributed by atoms with Gasteiger partial charge in [0.15, 0.2) is 0 Å². The Labute approximate surface area is 184 Å². The Balaban J connectivity index is 1.40. The first-order valence-electron chi connectivity index (χ1n) is 10.3. The van der Waals surface area contributed by atoms with Crippen LogP contribution in [-0.2, 0) is 0 Å². The molecule has 3 atom stereocenters. The number of fused-ring (bicyclic) bond motifs is 1. The van der Waals surface area contributed by atoms with Gasteiger partial charge in [0.1, 0.15) is 17.7 Å². The van der Waals surface area contributed by atoms with Gasteiger partial charge in [-0.2, -0.15) is 8.78 Å². The number of aryl methyl sites for hydroxylation is 1. The number of ether oxygens (including phenoxy) is 1. The molecule has 1 aromatic carbocycles. The second-order valence-electron chi connectivity index (χ2n) is 8.35. The van der Waals surface area contributed by atoms with Crippen LogP contribution in [0.3, 0.4) is 0 Å². The summed E-state index contributed by atoms with van der Waals surface area (Å²) in [6.45, 7) is 0.875. The van der Waals surface area contributed by atoms with Crippen LogP contribution in [0.25, 0.3) is 6.08 Å². The fourth-order valence-electron chi connectivity index (χ4n) is 4.31. The van der Waals surface area contributed by atoms with Gasteiger partial charge in [-0.1, -0.05) is 0 Å². The van der Waals surface area contributed by atoms with Gasteiger partial charge in [-0.15, -0.1) is 11.8 Å². The van der Waals surface area contributed by atoms with E-state index in [1.807, 2.05) is 18.0 Å². The van der Waals surface area contributed by atoms with E-state index in [1.165, 1.54) is 12.1 Å². The number of phenolic OH excluding ortho intramolecular Hbond substituents is 1. The molecule has 0 spiro atoms. The van der Waals surface area contributed by atoms with Gasteiger partial charge in [0.2, 0.25) is 0 Å². The summed E-state index contributed by atoms with van der Waals surface area (Å²) < 4.78 is 43.9. The number of allylic oxidation sites excluding steroid dienone is 2. The molecule has 1 aromatic rings. The molecule has 0 amide bonds. The molecular weight excluding hydrogens is 427 g/mol. The first kappa shape index (κ1) is 22.2. The van der Waals surface area contributed by atoms with Crippen LogP contribution in [0.4, 0.5) is 13.2 Å². The minimum absolute atomic E-state index is 0.0773. The third kappa shape index (κ3) is 5.45. The highest BCUT2D eigenvalue weighted by Crippen LogP contribution is 2.41. The molecule has 3 heterocycles. The van der Waals surface area contributed by atoms with Crippen LogP contribution in [0.2, 0.25) is 0 Å². The van der Waals surface area contributed by atoms with E-state index in [4.69, 9.17) is 0 Å². The standard InChI is InChI=1S/C22H26F3N3O2S/c1-12-3-18(29)16(19(4-12)30-22(24)25)6-15-7-20-17(27-15)8-21(31-20)26-9-13-5-14(23)11-28(2)10-13/h3-4,6-7,13-14,21-22,26,29H,5,8-11H2,1-2H3/b15-6-/t13-,14+,21?/m0/s1. The van der Waals surface area contributed by atoms with Gasteiger partial charge in [-0.3, -0.25) is 4.99 Å². The number of piperidine rings is 1. The summed E-state index contributed by atoms with van der Waals surface area (Å²) in [6.07, 6.45) is 4.01. The molecule has 2 N–H and O–H groups in total. The van der Waals surface area contributed by atoms with Crippen LogP contribution in [0, 0.1) is 12.8 Å². The van der Waals surface area contributed by atoms with Gasteiger partial charge in [0.25, 0.3) is 0 Å². The lowest BCUT2D eigenvalue weighted by atomic mass is 9.97. The third-order valence-electron chi connectivity index (χ3n) is 5.55. The van der Waals surface area contributed by atoms with E-state index in [2.05, 4.69) is 15.0 Å². The van der Waals surface area contributed by atoms with E-state index < -0.39 is 12.8 Å². The van der Waals surface area contributed by atoms with Gasteiger partial charge >= 0.3 is 6.61 Å². The van der Waals surface area contributed by atoms with Gasteiger partial charge in [-0.05, 0) is 56.2 Å². The van der Waals surface area contributed by atoms with Gasteiger partial charge < -0.3 is 20.1 Å². The van der Waals surface area contributed by atoms with Crippen molar-refractivity contribution in [1.29, 1.82) is 0 Å². The van der Waals surface area contributed by atoms with Gasteiger partial charge in [0.05, 0.1) is 22.3 Å². The zero-order valence-electron chi connectivity index (χ0n) is 17.4. The number of aliphatic imine (C=N–C) groups is 1. The Hall–Kier alpha value is -1.97. The Morgan fingerprint density at radius 3 is 2.90 bits per heavy atom. The number of hydrogen-bond acceptors (Lipinski definition) is 6. The molecule has 0 saturated carbocycles. The molecule has 3 aliphatic rings. The van der Waals surface area contributed by atoms with Crippen molar-refractivity contribution in [1.82, 2.24) is 10.2 Å². The molecule has 4 rings (SSSR count). The number of thioether (sulfide) groups is 1. The second kappa shape index (κ2) is 9.26. The number of phenols is 1. The van der Waals surface area contributed by atoms with Crippen molar-refractivity contribution < 1.29 is 23.0 Å². The molecule has 2 fully saturated rings. The Bertz CT molecular complexity index is 901. The predicted octanol–water partition coefficient (Wildman–Crippen LogP) is 4.32. The van der Waals surface area contributed by atoms with Crippen molar-refractivity contribution in [3.05, 3.63) is 39.9 Å². The molecule has 0 aromatic heterocycles. The zero-order chi connectivity index (χ0) is 22.1.